The Kier molecular flexibility index (Phi) is 4.92. The third-order valence-corrected chi connectivity index (χ3v) is 5.89. The number of nitrogens with two attached hydrogens (primary N) is 1. The predicted molar refractivity (Wildman–Crippen MR) is 111 cm³/mol. The number of nitrogen functional groups attached to an aromatic ring is 1. The van der Waals surface area contributed by atoms with Gasteiger partial charge in [0.2, 0.25) is 0 Å². The van der Waals surface area contributed by atoms with Gasteiger partial charge in [0.15, 0.2) is 5.82 Å². The molecule has 1 aliphatic heterocycles. The first-order valence-electron chi connectivity index (χ1n) is 10.1. The van der Waals surface area contributed by atoms with Gasteiger partial charge in [0.1, 0.15) is 5.92 Å². The van der Waals surface area contributed by atoms with Crippen LogP contribution in [0.4, 0.5) is 11.5 Å². The Bertz CT molecular complexity index is 933. The Morgan fingerprint density at radius 1 is 1.21 bits per heavy atom. The van der Waals surface area contributed by atoms with Crippen LogP contribution in [0.3, 0.4) is 0 Å². The molecule has 1 fully saturated rings. The summed E-state index contributed by atoms with van der Waals surface area (Å²) in [6.07, 6.45) is 3.08. The van der Waals surface area contributed by atoms with Crippen LogP contribution in [-0.2, 0) is 16.0 Å². The molecule has 5 nitrogen and oxygen atoms in total. The molecule has 0 radical (unpaired) electrons. The standard InChI is InChI=1S/C23H27N3O2/c1-4-17-13(2)21(24)20-19(16-8-6-5-7-9-16)18(14(3)25-22(20)26-17)23(27)28-12-15-10-11-15/h5-9,15,18-19H,4,10-12H2,1-3H3,(H2,24,26). The minimum atomic E-state index is -0.482. The van der Waals surface area contributed by atoms with Crippen LogP contribution in [0.2, 0.25) is 0 Å². The summed E-state index contributed by atoms with van der Waals surface area (Å²) in [4.78, 5) is 22.6. The highest BCUT2D eigenvalue weighted by molar-refractivity contribution is 6.05. The normalized spacial score (nSPS) is 21.0. The Morgan fingerprint density at radius 3 is 2.57 bits per heavy atom. The highest BCUT2D eigenvalue weighted by Crippen LogP contribution is 2.46. The minimum absolute atomic E-state index is 0.218. The van der Waals surface area contributed by atoms with E-state index in [0.717, 1.165) is 47.4 Å². The van der Waals surface area contributed by atoms with Crippen molar-refractivity contribution in [3.05, 3.63) is 52.7 Å². The maximum Gasteiger partial charge on any atom is 0.315 e. The van der Waals surface area contributed by atoms with Crippen molar-refractivity contribution >= 4 is 23.2 Å². The van der Waals surface area contributed by atoms with Gasteiger partial charge in [-0.05, 0) is 50.2 Å². The molecule has 2 atom stereocenters. The second-order valence-corrected chi connectivity index (χ2v) is 7.88. The van der Waals surface area contributed by atoms with E-state index >= 15 is 0 Å². The van der Waals surface area contributed by atoms with Gasteiger partial charge >= 0.3 is 5.97 Å². The fourth-order valence-electron chi connectivity index (χ4n) is 4.03. The van der Waals surface area contributed by atoms with Crippen molar-refractivity contribution in [2.45, 2.75) is 46.0 Å². The quantitative estimate of drug-likeness (QED) is 0.786. The van der Waals surface area contributed by atoms with Crippen LogP contribution in [0, 0.1) is 18.8 Å². The number of hydrogen-bond donors (Lipinski definition) is 1. The van der Waals surface area contributed by atoms with Gasteiger partial charge in [-0.2, -0.15) is 0 Å². The number of esters is 1. The number of rotatable bonds is 5. The molecule has 2 unspecified atom stereocenters. The van der Waals surface area contributed by atoms with Gasteiger partial charge in [-0.25, -0.2) is 9.98 Å². The summed E-state index contributed by atoms with van der Waals surface area (Å²) in [5, 5.41) is 0. The lowest BCUT2D eigenvalue weighted by atomic mass is 9.75. The average Bonchev–Trinajstić information content (AvgIpc) is 3.53. The number of hydrogen-bond acceptors (Lipinski definition) is 5. The number of carbonyl (C=O) groups excluding carboxylic acids is 1. The summed E-state index contributed by atoms with van der Waals surface area (Å²) < 4.78 is 5.68. The topological polar surface area (TPSA) is 77.6 Å². The molecule has 1 aromatic heterocycles. The first-order valence-corrected chi connectivity index (χ1v) is 10.1. The van der Waals surface area contributed by atoms with Crippen LogP contribution >= 0.6 is 0 Å². The predicted octanol–water partition coefficient (Wildman–Crippen LogP) is 4.34. The SMILES string of the molecule is CCc1nc2c(c(N)c1C)C(c1ccccc1)C(C(=O)OCC1CC1)C(C)=N2. The van der Waals surface area contributed by atoms with E-state index in [1.807, 2.05) is 44.2 Å². The van der Waals surface area contributed by atoms with Crippen molar-refractivity contribution in [1.82, 2.24) is 4.98 Å². The molecule has 2 N–H and O–H groups in total. The molecule has 2 heterocycles. The molecule has 1 aliphatic carbocycles. The number of aryl methyl sites for hydroxylation is 1. The zero-order chi connectivity index (χ0) is 19.8. The number of benzene rings is 1. The fourth-order valence-corrected chi connectivity index (χ4v) is 4.03. The molecule has 4 rings (SSSR count). The van der Waals surface area contributed by atoms with Crippen LogP contribution in [0.25, 0.3) is 0 Å². The molecule has 28 heavy (non-hydrogen) atoms. The lowest BCUT2D eigenvalue weighted by Gasteiger charge is -2.32. The molecule has 2 aliphatic rings. The van der Waals surface area contributed by atoms with Crippen molar-refractivity contribution in [3.63, 3.8) is 0 Å². The summed E-state index contributed by atoms with van der Waals surface area (Å²) >= 11 is 0. The Balaban J connectivity index is 1.84. The number of anilines is 1. The van der Waals surface area contributed by atoms with Gasteiger partial charge in [-0.15, -0.1) is 0 Å². The van der Waals surface area contributed by atoms with E-state index in [2.05, 4.69) is 6.92 Å². The number of fused-ring (bicyclic) bond motifs is 1. The second kappa shape index (κ2) is 7.38. The summed E-state index contributed by atoms with van der Waals surface area (Å²) in [5.74, 6) is 0.220. The zero-order valence-corrected chi connectivity index (χ0v) is 16.7. The third kappa shape index (κ3) is 3.30. The number of aromatic nitrogens is 1. The molecule has 0 saturated heterocycles. The summed E-state index contributed by atoms with van der Waals surface area (Å²) in [6.45, 7) is 6.45. The van der Waals surface area contributed by atoms with Gasteiger partial charge in [-0.3, -0.25) is 4.79 Å². The molecule has 146 valence electrons. The highest BCUT2D eigenvalue weighted by Gasteiger charge is 2.41. The number of ether oxygens (including phenoxy) is 1. The Hall–Kier alpha value is -2.69. The van der Waals surface area contributed by atoms with E-state index in [1.165, 1.54) is 0 Å². The van der Waals surface area contributed by atoms with Crippen LogP contribution in [0.1, 0.15) is 55.0 Å². The first kappa shape index (κ1) is 18.7. The number of nitrogens with zero attached hydrogens (tertiary/aromatic N) is 2. The lowest BCUT2D eigenvalue weighted by Crippen LogP contribution is -2.34. The van der Waals surface area contributed by atoms with Gasteiger partial charge in [0.05, 0.1) is 6.61 Å². The van der Waals surface area contributed by atoms with E-state index in [-0.39, 0.29) is 11.9 Å². The highest BCUT2D eigenvalue weighted by atomic mass is 16.5. The number of pyridine rings is 1. The molecule has 0 bridgehead atoms. The maximum absolute atomic E-state index is 13.1. The van der Waals surface area contributed by atoms with Crippen LogP contribution in [0.15, 0.2) is 35.3 Å². The largest absolute Gasteiger partial charge is 0.465 e. The van der Waals surface area contributed by atoms with Gasteiger partial charge in [0, 0.05) is 28.6 Å². The second-order valence-electron chi connectivity index (χ2n) is 7.88. The van der Waals surface area contributed by atoms with Crippen LogP contribution < -0.4 is 5.73 Å². The van der Waals surface area contributed by atoms with Crippen molar-refractivity contribution in [3.8, 4) is 0 Å². The minimum Gasteiger partial charge on any atom is -0.465 e. The van der Waals surface area contributed by atoms with Gasteiger partial charge in [0.25, 0.3) is 0 Å². The van der Waals surface area contributed by atoms with Crippen LogP contribution in [0.5, 0.6) is 0 Å². The summed E-state index contributed by atoms with van der Waals surface area (Å²) in [5.41, 5.74) is 11.8. The zero-order valence-electron chi connectivity index (χ0n) is 16.7. The summed E-state index contributed by atoms with van der Waals surface area (Å²) in [6, 6.07) is 10.0. The van der Waals surface area contributed by atoms with Gasteiger partial charge < -0.3 is 10.5 Å². The van der Waals surface area contributed by atoms with Crippen molar-refractivity contribution in [2.75, 3.05) is 12.3 Å². The van der Waals surface area contributed by atoms with E-state index in [9.17, 15) is 4.79 Å². The molecule has 1 saturated carbocycles. The monoisotopic (exact) mass is 377 g/mol. The maximum atomic E-state index is 13.1. The number of aliphatic imine (C=N–C) groups is 1. The molecule has 5 heteroatoms. The summed E-state index contributed by atoms with van der Waals surface area (Å²) in [7, 11) is 0. The Morgan fingerprint density at radius 2 is 1.93 bits per heavy atom. The van der Waals surface area contributed by atoms with Gasteiger partial charge in [-0.1, -0.05) is 37.3 Å². The van der Waals surface area contributed by atoms with Crippen molar-refractivity contribution < 1.29 is 9.53 Å². The van der Waals surface area contributed by atoms with E-state index in [4.69, 9.17) is 20.4 Å². The fraction of sp³-hybridized carbons (Fsp3) is 0.435. The van der Waals surface area contributed by atoms with E-state index in [0.29, 0.717) is 24.0 Å². The lowest BCUT2D eigenvalue weighted by molar-refractivity contribution is -0.147. The number of carbonyl (C=O) groups is 1. The third-order valence-electron chi connectivity index (χ3n) is 5.89. The van der Waals surface area contributed by atoms with Crippen molar-refractivity contribution in [1.29, 1.82) is 0 Å². The van der Waals surface area contributed by atoms with E-state index < -0.39 is 5.92 Å². The average molecular weight is 377 g/mol. The molecule has 0 amide bonds. The first-order chi connectivity index (χ1) is 13.5. The Labute approximate surface area is 166 Å². The molecular formula is C23H27N3O2. The molecule has 0 spiro atoms. The van der Waals surface area contributed by atoms with Crippen LogP contribution in [-0.4, -0.2) is 23.3 Å². The van der Waals surface area contributed by atoms with E-state index in [1.54, 1.807) is 0 Å². The molecule has 2 aromatic rings. The smallest absolute Gasteiger partial charge is 0.315 e. The molecular weight excluding hydrogens is 350 g/mol. The molecule has 1 aromatic carbocycles. The van der Waals surface area contributed by atoms with Crippen molar-refractivity contribution in [2.24, 2.45) is 16.8 Å².